The van der Waals surface area contributed by atoms with Gasteiger partial charge < -0.3 is 9.57 Å². The number of esters is 1. The molecule has 1 unspecified atom stereocenters. The lowest BCUT2D eigenvalue weighted by Crippen LogP contribution is -2.38. The Morgan fingerprint density at radius 3 is 2.76 bits per heavy atom. The Hall–Kier alpha value is -1.03. The van der Waals surface area contributed by atoms with Crippen LogP contribution in [0.25, 0.3) is 0 Å². The van der Waals surface area contributed by atoms with Gasteiger partial charge in [0.2, 0.25) is 5.60 Å². The van der Waals surface area contributed by atoms with E-state index < -0.39 is 11.6 Å². The molecule has 0 saturated carbocycles. The van der Waals surface area contributed by atoms with Crippen molar-refractivity contribution < 1.29 is 14.4 Å². The predicted molar refractivity (Wildman–Crippen MR) is 66.9 cm³/mol. The average molecular weight is 260 g/mol. The summed E-state index contributed by atoms with van der Waals surface area (Å²) in [6, 6.07) is 0. The van der Waals surface area contributed by atoms with Gasteiger partial charge in [-0.2, -0.15) is 0 Å². The first-order valence-corrected chi connectivity index (χ1v) is 5.91. The summed E-state index contributed by atoms with van der Waals surface area (Å²) >= 11 is 5.34. The molecular formula is C12H18ClNO3. The van der Waals surface area contributed by atoms with Crippen molar-refractivity contribution in [2.45, 2.75) is 39.7 Å². The van der Waals surface area contributed by atoms with Crippen molar-refractivity contribution in [1.29, 1.82) is 0 Å². The van der Waals surface area contributed by atoms with Gasteiger partial charge in [-0.3, -0.25) is 0 Å². The minimum absolute atomic E-state index is 0.103. The van der Waals surface area contributed by atoms with E-state index in [4.69, 9.17) is 21.2 Å². The highest BCUT2D eigenvalue weighted by atomic mass is 35.5. The van der Waals surface area contributed by atoms with Gasteiger partial charge in [-0.15, -0.1) is 0 Å². The second kappa shape index (κ2) is 5.08. The molecule has 1 rings (SSSR count). The number of carbonyl (C=O) groups excluding carboxylic acids is 1. The molecule has 1 aliphatic rings. The van der Waals surface area contributed by atoms with Crippen LogP contribution in [0.1, 0.15) is 34.1 Å². The van der Waals surface area contributed by atoms with Crippen LogP contribution in [0.3, 0.4) is 0 Å². The summed E-state index contributed by atoms with van der Waals surface area (Å²) in [6.45, 7) is 7.92. The van der Waals surface area contributed by atoms with E-state index in [1.54, 1.807) is 13.0 Å². The lowest BCUT2D eigenvalue weighted by molar-refractivity contribution is -0.165. The lowest BCUT2D eigenvalue weighted by atomic mass is 9.84. The fourth-order valence-corrected chi connectivity index (χ4v) is 1.44. The number of hydrogen-bond donors (Lipinski definition) is 0. The first kappa shape index (κ1) is 14.0. The Morgan fingerprint density at radius 1 is 1.65 bits per heavy atom. The van der Waals surface area contributed by atoms with Crippen LogP contribution in [0, 0.1) is 5.41 Å². The zero-order valence-corrected chi connectivity index (χ0v) is 11.4. The summed E-state index contributed by atoms with van der Waals surface area (Å²) in [7, 11) is 0. The van der Waals surface area contributed by atoms with Crippen LogP contribution in [0.4, 0.5) is 0 Å². The molecule has 0 N–H and O–H groups in total. The third-order valence-electron chi connectivity index (χ3n) is 2.56. The average Bonchev–Trinajstić information content (AvgIpc) is 2.62. The monoisotopic (exact) mass is 259 g/mol. The van der Waals surface area contributed by atoms with E-state index >= 15 is 0 Å². The number of ether oxygens (including phenoxy) is 1. The molecule has 1 atom stereocenters. The Balaban J connectivity index is 2.60. The van der Waals surface area contributed by atoms with Gasteiger partial charge in [0.15, 0.2) is 0 Å². The van der Waals surface area contributed by atoms with Crippen molar-refractivity contribution in [2.75, 3.05) is 6.61 Å². The van der Waals surface area contributed by atoms with Crippen LogP contribution in [0.2, 0.25) is 0 Å². The number of halogens is 1. The Labute approximate surface area is 107 Å². The van der Waals surface area contributed by atoms with E-state index in [1.165, 1.54) is 5.54 Å². The maximum Gasteiger partial charge on any atom is 0.353 e. The van der Waals surface area contributed by atoms with Crippen LogP contribution in [0.5, 0.6) is 0 Å². The molecule has 0 amide bonds. The normalized spacial score (nSPS) is 24.6. The lowest BCUT2D eigenvalue weighted by Gasteiger charge is -2.21. The molecule has 0 aromatic carbocycles. The van der Waals surface area contributed by atoms with Crippen LogP contribution >= 0.6 is 11.6 Å². The maximum absolute atomic E-state index is 11.8. The number of rotatable bonds is 3. The van der Waals surface area contributed by atoms with Gasteiger partial charge in [0, 0.05) is 17.4 Å². The first-order valence-electron chi connectivity index (χ1n) is 5.47. The molecule has 0 radical (unpaired) electrons. The van der Waals surface area contributed by atoms with Gasteiger partial charge in [-0.05, 0) is 13.0 Å². The van der Waals surface area contributed by atoms with Crippen molar-refractivity contribution in [3.05, 3.63) is 11.6 Å². The summed E-state index contributed by atoms with van der Waals surface area (Å²) in [4.78, 5) is 17.0. The summed E-state index contributed by atoms with van der Waals surface area (Å²) in [6.07, 6.45) is 2.00. The highest BCUT2D eigenvalue weighted by Gasteiger charge is 2.45. The van der Waals surface area contributed by atoms with Gasteiger partial charge in [-0.1, -0.05) is 37.5 Å². The second-order valence-corrected chi connectivity index (χ2v) is 5.50. The molecule has 5 heteroatoms. The van der Waals surface area contributed by atoms with Crippen molar-refractivity contribution in [1.82, 2.24) is 0 Å². The van der Waals surface area contributed by atoms with Gasteiger partial charge in [0.1, 0.15) is 6.61 Å². The zero-order valence-electron chi connectivity index (χ0n) is 10.6. The summed E-state index contributed by atoms with van der Waals surface area (Å²) in [5.41, 5.74) is 1.06. The summed E-state index contributed by atoms with van der Waals surface area (Å²) in [5.74, 6) is -0.421. The summed E-state index contributed by atoms with van der Waals surface area (Å²) < 4.78 is 5.02. The molecule has 96 valence electrons. The molecule has 1 aliphatic heterocycles. The fraction of sp³-hybridized carbons (Fsp3) is 0.667. The smallest absolute Gasteiger partial charge is 0.353 e. The number of carbonyl (C=O) groups is 1. The molecule has 4 nitrogen and oxygen atoms in total. The summed E-state index contributed by atoms with van der Waals surface area (Å²) in [5, 5.41) is 3.98. The SMILES string of the molecule is CC(C)(C)C1=NOC(C)(C(=O)OC/C=C/Cl)C1. The zero-order chi connectivity index (χ0) is 13.1. The highest BCUT2D eigenvalue weighted by Crippen LogP contribution is 2.32. The van der Waals surface area contributed by atoms with Gasteiger partial charge >= 0.3 is 5.97 Å². The predicted octanol–water partition coefficient (Wildman–Crippen LogP) is 2.86. The van der Waals surface area contributed by atoms with E-state index in [2.05, 4.69) is 5.16 Å². The molecular weight excluding hydrogens is 242 g/mol. The van der Waals surface area contributed by atoms with E-state index in [0.29, 0.717) is 6.42 Å². The number of nitrogens with zero attached hydrogens (tertiary/aromatic N) is 1. The van der Waals surface area contributed by atoms with Gasteiger partial charge in [0.05, 0.1) is 5.71 Å². The highest BCUT2D eigenvalue weighted by molar-refractivity contribution is 6.25. The Morgan fingerprint density at radius 2 is 2.29 bits per heavy atom. The van der Waals surface area contributed by atoms with Crippen molar-refractivity contribution in [2.24, 2.45) is 10.6 Å². The van der Waals surface area contributed by atoms with E-state index in [0.717, 1.165) is 5.71 Å². The maximum atomic E-state index is 11.8. The van der Waals surface area contributed by atoms with Gasteiger partial charge in [0.25, 0.3) is 0 Å². The standard InChI is InChI=1S/C12H18ClNO3/c1-11(2,3)9-8-12(4,17-14-9)10(15)16-7-5-6-13/h5-6H,7-8H2,1-4H3/b6-5+. The molecule has 0 bridgehead atoms. The van der Waals surface area contributed by atoms with Crippen LogP contribution < -0.4 is 0 Å². The third-order valence-corrected chi connectivity index (χ3v) is 2.74. The largest absolute Gasteiger partial charge is 0.458 e. The van der Waals surface area contributed by atoms with E-state index in [-0.39, 0.29) is 12.0 Å². The minimum Gasteiger partial charge on any atom is -0.458 e. The van der Waals surface area contributed by atoms with Crippen LogP contribution in [-0.4, -0.2) is 23.9 Å². The molecule has 17 heavy (non-hydrogen) atoms. The van der Waals surface area contributed by atoms with Crippen LogP contribution in [-0.2, 0) is 14.4 Å². The minimum atomic E-state index is -1.01. The quantitative estimate of drug-likeness (QED) is 0.732. The Kier molecular flexibility index (Phi) is 4.20. The van der Waals surface area contributed by atoms with Crippen molar-refractivity contribution in [3.63, 3.8) is 0 Å². The van der Waals surface area contributed by atoms with Crippen molar-refractivity contribution in [3.8, 4) is 0 Å². The van der Waals surface area contributed by atoms with E-state index in [9.17, 15) is 4.79 Å². The molecule has 0 aromatic heterocycles. The third kappa shape index (κ3) is 3.46. The first-order chi connectivity index (χ1) is 7.79. The number of oxime groups is 1. The topological polar surface area (TPSA) is 47.9 Å². The molecule has 0 fully saturated rings. The van der Waals surface area contributed by atoms with Crippen LogP contribution in [0.15, 0.2) is 16.8 Å². The van der Waals surface area contributed by atoms with Gasteiger partial charge in [-0.25, -0.2) is 4.79 Å². The molecule has 0 aromatic rings. The van der Waals surface area contributed by atoms with Crippen molar-refractivity contribution >= 4 is 23.3 Å². The molecule has 0 saturated heterocycles. The number of hydrogen-bond acceptors (Lipinski definition) is 4. The molecule has 1 heterocycles. The fourth-order valence-electron chi connectivity index (χ4n) is 1.36. The molecule has 0 spiro atoms. The Bertz CT molecular complexity index is 357. The van der Waals surface area contributed by atoms with E-state index in [1.807, 2.05) is 20.8 Å². The molecule has 0 aliphatic carbocycles. The second-order valence-electron chi connectivity index (χ2n) is 5.25.